The molecule has 0 saturated carbocycles. The van der Waals surface area contributed by atoms with E-state index in [0.717, 1.165) is 13.0 Å². The first kappa shape index (κ1) is 15.1. The number of nitro groups is 1. The summed E-state index contributed by atoms with van der Waals surface area (Å²) >= 11 is 0. The monoisotopic (exact) mass is 264 g/mol. The highest BCUT2D eigenvalue weighted by molar-refractivity contribution is 5.79. The van der Waals surface area contributed by atoms with Crippen molar-refractivity contribution in [3.05, 3.63) is 33.9 Å². The minimum atomic E-state index is -0.429. The van der Waals surface area contributed by atoms with Crippen molar-refractivity contribution in [2.75, 3.05) is 18.0 Å². The van der Waals surface area contributed by atoms with Crippen molar-refractivity contribution < 1.29 is 9.72 Å². The van der Waals surface area contributed by atoms with Gasteiger partial charge in [0, 0.05) is 24.7 Å². The highest BCUT2D eigenvalue weighted by Gasteiger charge is 2.20. The number of nitro benzene ring substituents is 1. The Balaban J connectivity index is 3.15. The predicted molar refractivity (Wildman–Crippen MR) is 75.8 cm³/mol. The van der Waals surface area contributed by atoms with Crippen LogP contribution in [0.5, 0.6) is 0 Å². The molecule has 0 fully saturated rings. The zero-order chi connectivity index (χ0) is 14.4. The molecular weight excluding hydrogens is 244 g/mol. The van der Waals surface area contributed by atoms with E-state index in [9.17, 15) is 14.9 Å². The lowest BCUT2D eigenvalue weighted by atomic mass is 10.1. The summed E-state index contributed by atoms with van der Waals surface area (Å²) in [5.41, 5.74) is 0.906. The van der Waals surface area contributed by atoms with E-state index in [1.807, 2.05) is 11.8 Å². The molecule has 1 aromatic carbocycles. The number of benzene rings is 1. The minimum Gasteiger partial charge on any atom is -0.366 e. The molecule has 1 rings (SSSR count). The molecule has 5 heteroatoms. The van der Waals surface area contributed by atoms with Crippen LogP contribution in [-0.2, 0) is 0 Å². The SMILES string of the molecule is CCC(C)CN(CC)c1ccc(C=O)cc1[N+](=O)[O-]. The first-order chi connectivity index (χ1) is 9.03. The van der Waals surface area contributed by atoms with E-state index in [1.165, 1.54) is 6.07 Å². The molecule has 0 saturated heterocycles. The molecular formula is C14H20N2O3. The molecule has 0 amide bonds. The third-order valence-corrected chi connectivity index (χ3v) is 3.28. The molecule has 104 valence electrons. The summed E-state index contributed by atoms with van der Waals surface area (Å²) in [4.78, 5) is 23.4. The normalized spacial score (nSPS) is 11.9. The highest BCUT2D eigenvalue weighted by atomic mass is 16.6. The van der Waals surface area contributed by atoms with Crippen molar-refractivity contribution in [2.45, 2.75) is 27.2 Å². The maximum Gasteiger partial charge on any atom is 0.293 e. The average molecular weight is 264 g/mol. The van der Waals surface area contributed by atoms with Crippen LogP contribution in [0.3, 0.4) is 0 Å². The Morgan fingerprint density at radius 2 is 2.11 bits per heavy atom. The molecule has 5 nitrogen and oxygen atoms in total. The van der Waals surface area contributed by atoms with Gasteiger partial charge in [-0.25, -0.2) is 0 Å². The Hall–Kier alpha value is -1.91. The fraction of sp³-hybridized carbons (Fsp3) is 0.500. The van der Waals surface area contributed by atoms with Gasteiger partial charge < -0.3 is 4.90 Å². The number of aldehydes is 1. The first-order valence-corrected chi connectivity index (χ1v) is 6.52. The van der Waals surface area contributed by atoms with Crippen LogP contribution in [0.15, 0.2) is 18.2 Å². The second-order valence-corrected chi connectivity index (χ2v) is 4.68. The van der Waals surface area contributed by atoms with E-state index < -0.39 is 4.92 Å². The van der Waals surface area contributed by atoms with E-state index in [4.69, 9.17) is 0 Å². The van der Waals surface area contributed by atoms with Crippen LogP contribution in [0.2, 0.25) is 0 Å². The van der Waals surface area contributed by atoms with Gasteiger partial charge in [-0.1, -0.05) is 20.3 Å². The number of carbonyl (C=O) groups excluding carboxylic acids is 1. The lowest BCUT2D eigenvalue weighted by Gasteiger charge is -2.25. The van der Waals surface area contributed by atoms with Gasteiger partial charge in [-0.15, -0.1) is 0 Å². The van der Waals surface area contributed by atoms with Crippen LogP contribution in [0.1, 0.15) is 37.6 Å². The van der Waals surface area contributed by atoms with Crippen LogP contribution in [0, 0.1) is 16.0 Å². The van der Waals surface area contributed by atoms with Gasteiger partial charge in [0.1, 0.15) is 12.0 Å². The number of rotatable bonds is 7. The Labute approximate surface area is 113 Å². The number of carbonyl (C=O) groups is 1. The minimum absolute atomic E-state index is 0.00486. The van der Waals surface area contributed by atoms with Crippen molar-refractivity contribution in [2.24, 2.45) is 5.92 Å². The van der Waals surface area contributed by atoms with Crippen molar-refractivity contribution in [3.63, 3.8) is 0 Å². The average Bonchev–Trinajstić information content (AvgIpc) is 2.43. The number of hydrogen-bond acceptors (Lipinski definition) is 4. The number of nitrogens with zero attached hydrogens (tertiary/aromatic N) is 2. The summed E-state index contributed by atoms with van der Waals surface area (Å²) < 4.78 is 0. The van der Waals surface area contributed by atoms with E-state index in [2.05, 4.69) is 13.8 Å². The summed E-state index contributed by atoms with van der Waals surface area (Å²) in [5.74, 6) is 0.463. The van der Waals surface area contributed by atoms with Gasteiger partial charge in [-0.2, -0.15) is 0 Å². The third-order valence-electron chi connectivity index (χ3n) is 3.28. The van der Waals surface area contributed by atoms with Gasteiger partial charge >= 0.3 is 0 Å². The van der Waals surface area contributed by atoms with Crippen LogP contribution in [0.25, 0.3) is 0 Å². The zero-order valence-electron chi connectivity index (χ0n) is 11.6. The van der Waals surface area contributed by atoms with Crippen molar-refractivity contribution in [1.29, 1.82) is 0 Å². The summed E-state index contributed by atoms with van der Waals surface area (Å²) in [6.07, 6.45) is 1.65. The van der Waals surface area contributed by atoms with E-state index in [-0.39, 0.29) is 5.69 Å². The highest BCUT2D eigenvalue weighted by Crippen LogP contribution is 2.29. The summed E-state index contributed by atoms with van der Waals surface area (Å²) in [5, 5.41) is 11.1. The standard InChI is InChI=1S/C14H20N2O3/c1-4-11(3)9-15(5-2)13-7-6-12(10-17)8-14(13)16(18)19/h6-8,10-11H,4-5,9H2,1-3H3. The Morgan fingerprint density at radius 3 is 2.58 bits per heavy atom. The second-order valence-electron chi connectivity index (χ2n) is 4.68. The molecule has 0 aliphatic carbocycles. The maximum atomic E-state index is 11.1. The molecule has 0 spiro atoms. The maximum absolute atomic E-state index is 11.1. The smallest absolute Gasteiger partial charge is 0.293 e. The Bertz CT molecular complexity index is 460. The van der Waals surface area contributed by atoms with Gasteiger partial charge in [0.15, 0.2) is 0 Å². The Morgan fingerprint density at radius 1 is 1.42 bits per heavy atom. The van der Waals surface area contributed by atoms with E-state index in [1.54, 1.807) is 12.1 Å². The van der Waals surface area contributed by atoms with Crippen LogP contribution < -0.4 is 4.90 Å². The molecule has 0 N–H and O–H groups in total. The van der Waals surface area contributed by atoms with Crippen LogP contribution in [0.4, 0.5) is 11.4 Å². The number of anilines is 1. The molecule has 0 radical (unpaired) electrons. The fourth-order valence-corrected chi connectivity index (χ4v) is 1.93. The largest absolute Gasteiger partial charge is 0.366 e. The summed E-state index contributed by atoms with van der Waals surface area (Å²) in [6, 6.07) is 4.62. The zero-order valence-corrected chi connectivity index (χ0v) is 11.6. The Kier molecular flexibility index (Phi) is 5.48. The molecule has 0 aliphatic heterocycles. The van der Waals surface area contributed by atoms with Crippen LogP contribution >= 0.6 is 0 Å². The molecule has 0 aliphatic rings. The summed E-state index contributed by atoms with van der Waals surface area (Å²) in [7, 11) is 0. The van der Waals surface area contributed by atoms with Crippen molar-refractivity contribution >= 4 is 17.7 Å². The van der Waals surface area contributed by atoms with Gasteiger partial charge in [-0.05, 0) is 25.0 Å². The van der Waals surface area contributed by atoms with Crippen LogP contribution in [-0.4, -0.2) is 24.3 Å². The lowest BCUT2D eigenvalue weighted by Crippen LogP contribution is -2.28. The quantitative estimate of drug-likeness (QED) is 0.430. The fourth-order valence-electron chi connectivity index (χ4n) is 1.93. The number of hydrogen-bond donors (Lipinski definition) is 0. The predicted octanol–water partition coefficient (Wildman–Crippen LogP) is 3.28. The topological polar surface area (TPSA) is 63.5 Å². The molecule has 0 bridgehead atoms. The lowest BCUT2D eigenvalue weighted by molar-refractivity contribution is -0.384. The van der Waals surface area contributed by atoms with Gasteiger partial charge in [0.25, 0.3) is 5.69 Å². The van der Waals surface area contributed by atoms with E-state index >= 15 is 0 Å². The van der Waals surface area contributed by atoms with Crippen molar-refractivity contribution in [3.8, 4) is 0 Å². The molecule has 0 heterocycles. The second kappa shape index (κ2) is 6.87. The molecule has 1 atom stereocenters. The van der Waals surface area contributed by atoms with Crippen molar-refractivity contribution in [1.82, 2.24) is 0 Å². The molecule has 1 aromatic rings. The molecule has 19 heavy (non-hydrogen) atoms. The van der Waals surface area contributed by atoms with E-state index in [0.29, 0.717) is 30.0 Å². The van der Waals surface area contributed by atoms with Gasteiger partial charge in [0.05, 0.1) is 4.92 Å². The van der Waals surface area contributed by atoms with Gasteiger partial charge in [0.2, 0.25) is 0 Å². The molecule has 0 aromatic heterocycles. The van der Waals surface area contributed by atoms with Gasteiger partial charge in [-0.3, -0.25) is 14.9 Å². The molecule has 1 unspecified atom stereocenters. The summed E-state index contributed by atoms with van der Waals surface area (Å²) in [6.45, 7) is 7.66. The first-order valence-electron chi connectivity index (χ1n) is 6.52. The third kappa shape index (κ3) is 3.77.